The molecule has 0 heterocycles. The standard InChI is InChI=1S/C2H2ClFO2.H3N/c3-1(4)2(5)6;/h1H,(H,5,6);1H3. The molecule has 5 heteroatoms. The van der Waals surface area contributed by atoms with Gasteiger partial charge in [0.25, 0.3) is 0 Å². The fourth-order valence-corrected chi connectivity index (χ4v) is 0. The predicted molar refractivity (Wildman–Crippen MR) is 21.7 cm³/mol. The maximum Gasteiger partial charge on any atom is 0.212 e. The maximum absolute atomic E-state index is 10.9. The first-order chi connectivity index (χ1) is 2.64. The van der Waals surface area contributed by atoms with E-state index in [1.165, 1.54) is 0 Å². The molecular weight excluding hydrogens is 124 g/mol. The van der Waals surface area contributed by atoms with Gasteiger partial charge < -0.3 is 16.1 Å². The summed E-state index contributed by atoms with van der Waals surface area (Å²) in [6, 6.07) is 0. The van der Waals surface area contributed by atoms with E-state index in [0.29, 0.717) is 0 Å². The summed E-state index contributed by atoms with van der Waals surface area (Å²) in [7, 11) is 0. The number of carboxylic acid groups (broad SMARTS) is 1. The number of rotatable bonds is 1. The summed E-state index contributed by atoms with van der Waals surface area (Å²) in [6.07, 6.45) is 0. The average molecular weight is 130 g/mol. The number of hydrogen-bond acceptors (Lipinski definition) is 2. The third kappa shape index (κ3) is 5.65. The van der Waals surface area contributed by atoms with Gasteiger partial charge >= 0.3 is 0 Å². The lowest BCUT2D eigenvalue weighted by Crippen LogP contribution is -2.28. The van der Waals surface area contributed by atoms with Crippen molar-refractivity contribution < 1.29 is 14.3 Å². The molecule has 0 radical (unpaired) electrons. The van der Waals surface area contributed by atoms with Gasteiger partial charge in [-0.05, 0) is 0 Å². The quantitative estimate of drug-likeness (QED) is 0.491. The molecule has 3 nitrogen and oxygen atoms in total. The van der Waals surface area contributed by atoms with Crippen LogP contribution in [0.4, 0.5) is 4.39 Å². The Bertz CT molecular complexity index is 66.7. The minimum atomic E-state index is -2.37. The van der Waals surface area contributed by atoms with Crippen LogP contribution < -0.4 is 11.3 Å². The average Bonchev–Trinajstić information content (AvgIpc) is 1.36. The number of aliphatic carboxylic acids is 1. The number of carbonyl (C=O) groups excluding carboxylic acids is 1. The highest BCUT2D eigenvalue weighted by atomic mass is 35.5. The fourth-order valence-electron chi connectivity index (χ4n) is 0. The molecule has 0 aromatic heterocycles. The molecule has 0 spiro atoms. The molecule has 0 aliphatic rings. The number of carbonyl (C=O) groups is 1. The smallest absolute Gasteiger partial charge is 0.212 e. The summed E-state index contributed by atoms with van der Waals surface area (Å²) in [5.41, 5.74) is -2.37. The van der Waals surface area contributed by atoms with Crippen LogP contribution in [-0.2, 0) is 4.79 Å². The van der Waals surface area contributed by atoms with E-state index in [1.54, 1.807) is 0 Å². The van der Waals surface area contributed by atoms with Crippen LogP contribution >= 0.6 is 11.6 Å². The van der Waals surface area contributed by atoms with Crippen molar-refractivity contribution in [2.24, 2.45) is 0 Å². The van der Waals surface area contributed by atoms with Crippen molar-refractivity contribution in [2.75, 3.05) is 0 Å². The zero-order valence-electron chi connectivity index (χ0n) is 3.65. The van der Waals surface area contributed by atoms with Gasteiger partial charge in [0.05, 0.1) is 5.97 Å². The van der Waals surface area contributed by atoms with Crippen LogP contribution in [0.25, 0.3) is 0 Å². The molecule has 4 N–H and O–H groups in total. The second-order valence-corrected chi connectivity index (χ2v) is 1.00. The Morgan fingerprint density at radius 3 is 2.00 bits per heavy atom. The molecule has 0 aromatic rings. The Labute approximate surface area is 44.7 Å². The molecule has 44 valence electrons. The number of alkyl halides is 2. The van der Waals surface area contributed by atoms with Crippen molar-refractivity contribution in [3.8, 4) is 0 Å². The fraction of sp³-hybridized carbons (Fsp3) is 0.500. The van der Waals surface area contributed by atoms with E-state index in [2.05, 4.69) is 11.6 Å². The first-order valence-corrected chi connectivity index (χ1v) is 1.57. The SMILES string of the molecule is O=C([O-])C(F)Cl.[NH4+]. The molecule has 0 saturated carbocycles. The summed E-state index contributed by atoms with van der Waals surface area (Å²) in [6.45, 7) is 0. The van der Waals surface area contributed by atoms with Crippen molar-refractivity contribution in [3.05, 3.63) is 0 Å². The van der Waals surface area contributed by atoms with Gasteiger partial charge in [0.15, 0.2) is 0 Å². The van der Waals surface area contributed by atoms with Crippen LogP contribution in [0.1, 0.15) is 0 Å². The Balaban J connectivity index is 0. The molecule has 7 heavy (non-hydrogen) atoms. The summed E-state index contributed by atoms with van der Waals surface area (Å²) < 4.78 is 10.9. The van der Waals surface area contributed by atoms with Gasteiger partial charge in [-0.3, -0.25) is 0 Å². The molecule has 0 amide bonds. The lowest BCUT2D eigenvalue weighted by Gasteiger charge is -1.94. The molecule has 0 bridgehead atoms. The van der Waals surface area contributed by atoms with Crippen LogP contribution in [0.3, 0.4) is 0 Å². The third-order valence-corrected chi connectivity index (χ3v) is 0.356. The van der Waals surface area contributed by atoms with E-state index in [-0.39, 0.29) is 6.15 Å². The van der Waals surface area contributed by atoms with Crippen LogP contribution in [0.15, 0.2) is 0 Å². The summed E-state index contributed by atoms with van der Waals surface area (Å²) in [5.74, 6) is -1.89. The lowest BCUT2D eigenvalue weighted by molar-refractivity contribution is -0.308. The highest BCUT2D eigenvalue weighted by molar-refractivity contribution is 6.27. The van der Waals surface area contributed by atoms with Crippen molar-refractivity contribution in [1.82, 2.24) is 6.15 Å². The molecule has 0 aliphatic heterocycles. The molecule has 0 aliphatic carbocycles. The Hall–Kier alpha value is -0.350. The van der Waals surface area contributed by atoms with Crippen LogP contribution in [0.5, 0.6) is 0 Å². The van der Waals surface area contributed by atoms with Gasteiger partial charge in [-0.25, -0.2) is 4.39 Å². The minimum absolute atomic E-state index is 0. The van der Waals surface area contributed by atoms with Gasteiger partial charge in [-0.2, -0.15) is 0 Å². The topological polar surface area (TPSA) is 76.6 Å². The molecular formula is C2H5ClFNO2. The van der Waals surface area contributed by atoms with Crippen molar-refractivity contribution in [2.45, 2.75) is 5.63 Å². The Kier molecular flexibility index (Phi) is 5.37. The van der Waals surface area contributed by atoms with Gasteiger partial charge in [-0.15, -0.1) is 0 Å². The zero-order chi connectivity index (χ0) is 5.15. The van der Waals surface area contributed by atoms with Gasteiger partial charge in [-0.1, -0.05) is 11.6 Å². The predicted octanol–water partition coefficient (Wildman–Crippen LogP) is -0.353. The number of quaternary nitrogens is 1. The largest absolute Gasteiger partial charge is 0.546 e. The molecule has 0 saturated heterocycles. The molecule has 0 rings (SSSR count). The normalized spacial score (nSPS) is 11.7. The third-order valence-electron chi connectivity index (χ3n) is 0.178. The zero-order valence-corrected chi connectivity index (χ0v) is 4.41. The van der Waals surface area contributed by atoms with Gasteiger partial charge in [0.1, 0.15) is 0 Å². The number of hydrogen-bond donors (Lipinski definition) is 1. The lowest BCUT2D eigenvalue weighted by atomic mass is 10.8. The Morgan fingerprint density at radius 1 is 1.86 bits per heavy atom. The second kappa shape index (κ2) is 3.83. The summed E-state index contributed by atoms with van der Waals surface area (Å²) >= 11 is 4.28. The van der Waals surface area contributed by atoms with Crippen LogP contribution in [0.2, 0.25) is 0 Å². The highest BCUT2D eigenvalue weighted by Gasteiger charge is 1.96. The van der Waals surface area contributed by atoms with E-state index in [0.717, 1.165) is 0 Å². The summed E-state index contributed by atoms with van der Waals surface area (Å²) in [4.78, 5) is 9.08. The molecule has 0 aromatic carbocycles. The highest BCUT2D eigenvalue weighted by Crippen LogP contribution is 1.91. The number of carboxylic acids is 1. The molecule has 1 atom stereocenters. The molecule has 0 fully saturated rings. The van der Waals surface area contributed by atoms with Crippen LogP contribution in [0, 0.1) is 0 Å². The maximum atomic E-state index is 10.9. The van der Waals surface area contributed by atoms with Gasteiger partial charge in [0.2, 0.25) is 5.63 Å². The monoisotopic (exact) mass is 129 g/mol. The van der Waals surface area contributed by atoms with E-state index in [1.807, 2.05) is 0 Å². The summed E-state index contributed by atoms with van der Waals surface area (Å²) in [5, 5.41) is 9.08. The van der Waals surface area contributed by atoms with E-state index >= 15 is 0 Å². The first kappa shape index (κ1) is 9.82. The van der Waals surface area contributed by atoms with Gasteiger partial charge in [0, 0.05) is 0 Å². The van der Waals surface area contributed by atoms with Crippen molar-refractivity contribution >= 4 is 17.6 Å². The van der Waals surface area contributed by atoms with Crippen molar-refractivity contribution in [1.29, 1.82) is 0 Å². The van der Waals surface area contributed by atoms with E-state index in [9.17, 15) is 4.39 Å². The first-order valence-electron chi connectivity index (χ1n) is 1.13. The van der Waals surface area contributed by atoms with E-state index < -0.39 is 11.6 Å². The minimum Gasteiger partial charge on any atom is -0.546 e. The Morgan fingerprint density at radius 2 is 2.00 bits per heavy atom. The molecule has 1 unspecified atom stereocenters. The van der Waals surface area contributed by atoms with Crippen molar-refractivity contribution in [3.63, 3.8) is 0 Å². The van der Waals surface area contributed by atoms with E-state index in [4.69, 9.17) is 9.90 Å². The number of halogens is 2. The van der Waals surface area contributed by atoms with Crippen LogP contribution in [-0.4, -0.2) is 11.6 Å². The second-order valence-electron chi connectivity index (χ2n) is 0.620.